The predicted molar refractivity (Wildman–Crippen MR) is 66.0 cm³/mol. The number of ether oxygens (including phenoxy) is 1. The van der Waals surface area contributed by atoms with Crippen molar-refractivity contribution in [3.05, 3.63) is 35.5 Å². The first kappa shape index (κ1) is 10.4. The molecule has 3 nitrogen and oxygen atoms in total. The van der Waals surface area contributed by atoms with E-state index in [9.17, 15) is 4.79 Å². The molecule has 1 aliphatic carbocycles. The third-order valence-electron chi connectivity index (χ3n) is 3.78. The fourth-order valence-corrected chi connectivity index (χ4v) is 2.97. The van der Waals surface area contributed by atoms with E-state index in [1.807, 2.05) is 12.1 Å². The van der Waals surface area contributed by atoms with Gasteiger partial charge in [-0.05, 0) is 24.5 Å². The van der Waals surface area contributed by atoms with Gasteiger partial charge < -0.3 is 9.30 Å². The topological polar surface area (TPSA) is 31.2 Å². The first-order valence-electron chi connectivity index (χ1n) is 5.88. The van der Waals surface area contributed by atoms with Crippen LogP contribution in [0.5, 0.6) is 0 Å². The smallest absolute Gasteiger partial charge is 0.313 e. The quantitative estimate of drug-likeness (QED) is 0.703. The van der Waals surface area contributed by atoms with Gasteiger partial charge in [0, 0.05) is 23.6 Å². The van der Waals surface area contributed by atoms with Crippen LogP contribution in [0.15, 0.2) is 24.3 Å². The highest BCUT2D eigenvalue weighted by Crippen LogP contribution is 2.40. The molecule has 0 fully saturated rings. The van der Waals surface area contributed by atoms with Crippen LogP contribution >= 0.6 is 0 Å². The number of nitrogens with zero attached hydrogens (tertiary/aromatic N) is 1. The molecule has 0 saturated carbocycles. The zero-order valence-electron chi connectivity index (χ0n) is 10.1. The molecule has 0 aliphatic heterocycles. The molecule has 2 aromatic rings. The van der Waals surface area contributed by atoms with Crippen LogP contribution in [0.25, 0.3) is 10.9 Å². The summed E-state index contributed by atoms with van der Waals surface area (Å²) in [5.74, 6) is -0.193. The Bertz CT molecular complexity index is 598. The van der Waals surface area contributed by atoms with Gasteiger partial charge in [-0.2, -0.15) is 0 Å². The lowest BCUT2D eigenvalue weighted by Gasteiger charge is -2.07. The van der Waals surface area contributed by atoms with E-state index in [1.165, 1.54) is 29.3 Å². The molecule has 0 radical (unpaired) electrons. The molecular weight excluding hydrogens is 214 g/mol. The molecule has 1 aromatic heterocycles. The SMILES string of the molecule is COC(=O)C1CCc2c1c1ccccc1n2C. The number of hydrogen-bond donors (Lipinski definition) is 0. The van der Waals surface area contributed by atoms with Gasteiger partial charge in [-0.15, -0.1) is 0 Å². The molecule has 3 rings (SSSR count). The Hall–Kier alpha value is -1.77. The van der Waals surface area contributed by atoms with Crippen LogP contribution in [0.4, 0.5) is 0 Å². The first-order chi connectivity index (χ1) is 8.24. The number of esters is 1. The lowest BCUT2D eigenvalue weighted by molar-refractivity contribution is -0.142. The van der Waals surface area contributed by atoms with Crippen molar-refractivity contribution in [2.45, 2.75) is 18.8 Å². The zero-order chi connectivity index (χ0) is 12.0. The number of methoxy groups -OCH3 is 1. The Balaban J connectivity index is 2.26. The van der Waals surface area contributed by atoms with Crippen molar-refractivity contribution in [1.82, 2.24) is 4.57 Å². The number of aromatic nitrogens is 1. The summed E-state index contributed by atoms with van der Waals surface area (Å²) in [5.41, 5.74) is 3.66. The lowest BCUT2D eigenvalue weighted by Crippen LogP contribution is -2.11. The molecule has 1 aliphatic rings. The van der Waals surface area contributed by atoms with Crippen molar-refractivity contribution in [3.8, 4) is 0 Å². The van der Waals surface area contributed by atoms with E-state index in [0.717, 1.165) is 12.8 Å². The van der Waals surface area contributed by atoms with Gasteiger partial charge in [-0.3, -0.25) is 4.79 Å². The Morgan fingerprint density at radius 2 is 2.18 bits per heavy atom. The third kappa shape index (κ3) is 1.32. The predicted octanol–water partition coefficient (Wildman–Crippen LogP) is 2.38. The molecule has 1 heterocycles. The summed E-state index contributed by atoms with van der Waals surface area (Å²) < 4.78 is 7.10. The minimum atomic E-state index is -0.111. The summed E-state index contributed by atoms with van der Waals surface area (Å²) in [7, 11) is 3.53. The monoisotopic (exact) mass is 229 g/mol. The van der Waals surface area contributed by atoms with E-state index in [2.05, 4.69) is 23.7 Å². The highest BCUT2D eigenvalue weighted by atomic mass is 16.5. The van der Waals surface area contributed by atoms with E-state index in [-0.39, 0.29) is 11.9 Å². The number of aryl methyl sites for hydroxylation is 1. The maximum atomic E-state index is 11.8. The van der Waals surface area contributed by atoms with Crippen molar-refractivity contribution in [1.29, 1.82) is 0 Å². The molecule has 1 unspecified atom stereocenters. The largest absolute Gasteiger partial charge is 0.469 e. The average molecular weight is 229 g/mol. The Kier molecular flexibility index (Phi) is 2.21. The number of para-hydroxylation sites is 1. The van der Waals surface area contributed by atoms with E-state index in [4.69, 9.17) is 4.74 Å². The van der Waals surface area contributed by atoms with E-state index in [1.54, 1.807) is 0 Å². The molecule has 88 valence electrons. The number of rotatable bonds is 1. The van der Waals surface area contributed by atoms with Gasteiger partial charge in [0.1, 0.15) is 0 Å². The summed E-state index contributed by atoms with van der Waals surface area (Å²) in [6.45, 7) is 0. The molecule has 17 heavy (non-hydrogen) atoms. The second-order valence-corrected chi connectivity index (χ2v) is 4.55. The van der Waals surface area contributed by atoms with Gasteiger partial charge in [0.2, 0.25) is 0 Å². The fraction of sp³-hybridized carbons (Fsp3) is 0.357. The molecule has 0 spiro atoms. The van der Waals surface area contributed by atoms with Gasteiger partial charge in [-0.25, -0.2) is 0 Å². The van der Waals surface area contributed by atoms with Crippen molar-refractivity contribution < 1.29 is 9.53 Å². The van der Waals surface area contributed by atoms with Gasteiger partial charge >= 0.3 is 5.97 Å². The second kappa shape index (κ2) is 3.62. The van der Waals surface area contributed by atoms with Crippen LogP contribution in [-0.4, -0.2) is 17.6 Å². The summed E-state index contributed by atoms with van der Waals surface area (Å²) in [6, 6.07) is 8.25. The van der Waals surface area contributed by atoms with Crippen LogP contribution in [0.2, 0.25) is 0 Å². The first-order valence-corrected chi connectivity index (χ1v) is 5.88. The molecule has 0 amide bonds. The van der Waals surface area contributed by atoms with Crippen LogP contribution in [0.1, 0.15) is 23.6 Å². The third-order valence-corrected chi connectivity index (χ3v) is 3.78. The molecular formula is C14H15NO2. The van der Waals surface area contributed by atoms with Crippen LogP contribution in [0.3, 0.4) is 0 Å². The minimum Gasteiger partial charge on any atom is -0.469 e. The highest BCUT2D eigenvalue weighted by molar-refractivity contribution is 5.92. The van der Waals surface area contributed by atoms with Crippen LogP contribution in [0, 0.1) is 0 Å². The Morgan fingerprint density at radius 3 is 2.94 bits per heavy atom. The summed E-state index contributed by atoms with van der Waals surface area (Å²) >= 11 is 0. The van der Waals surface area contributed by atoms with Crippen molar-refractivity contribution in [3.63, 3.8) is 0 Å². The summed E-state index contributed by atoms with van der Waals surface area (Å²) in [5, 5.41) is 1.19. The maximum absolute atomic E-state index is 11.8. The van der Waals surface area contributed by atoms with Crippen molar-refractivity contribution in [2.24, 2.45) is 7.05 Å². The number of carbonyl (C=O) groups excluding carboxylic acids is 1. The normalized spacial score (nSPS) is 18.4. The number of benzene rings is 1. The maximum Gasteiger partial charge on any atom is 0.313 e. The van der Waals surface area contributed by atoms with Crippen LogP contribution < -0.4 is 0 Å². The Morgan fingerprint density at radius 1 is 1.41 bits per heavy atom. The van der Waals surface area contributed by atoms with E-state index in [0.29, 0.717) is 0 Å². The molecule has 0 bridgehead atoms. The van der Waals surface area contributed by atoms with E-state index < -0.39 is 0 Å². The molecule has 1 aromatic carbocycles. The lowest BCUT2D eigenvalue weighted by atomic mass is 10.0. The molecule has 3 heteroatoms. The van der Waals surface area contributed by atoms with E-state index >= 15 is 0 Å². The van der Waals surface area contributed by atoms with Crippen molar-refractivity contribution >= 4 is 16.9 Å². The van der Waals surface area contributed by atoms with Gasteiger partial charge in [0.25, 0.3) is 0 Å². The van der Waals surface area contributed by atoms with Gasteiger partial charge in [0.15, 0.2) is 0 Å². The standard InChI is InChI=1S/C14H15NO2/c1-15-11-6-4-3-5-9(11)13-10(14(16)17-2)7-8-12(13)15/h3-6,10H,7-8H2,1-2H3. The minimum absolute atomic E-state index is 0.0823. The van der Waals surface area contributed by atoms with Gasteiger partial charge in [-0.1, -0.05) is 18.2 Å². The Labute approximate surface area is 100.0 Å². The van der Waals surface area contributed by atoms with Crippen molar-refractivity contribution in [2.75, 3.05) is 7.11 Å². The summed E-state index contributed by atoms with van der Waals surface area (Å²) in [6.07, 6.45) is 1.83. The highest BCUT2D eigenvalue weighted by Gasteiger charge is 2.33. The molecule has 0 saturated heterocycles. The molecule has 0 N–H and O–H groups in total. The fourth-order valence-electron chi connectivity index (χ4n) is 2.97. The number of hydrogen-bond acceptors (Lipinski definition) is 2. The number of fused-ring (bicyclic) bond motifs is 3. The van der Waals surface area contributed by atoms with Crippen LogP contribution in [-0.2, 0) is 23.0 Å². The average Bonchev–Trinajstić information content (AvgIpc) is 2.90. The zero-order valence-corrected chi connectivity index (χ0v) is 10.1. The second-order valence-electron chi connectivity index (χ2n) is 4.55. The molecule has 1 atom stereocenters. The summed E-state index contributed by atoms with van der Waals surface area (Å²) in [4.78, 5) is 11.8. The number of carbonyl (C=O) groups is 1. The van der Waals surface area contributed by atoms with Gasteiger partial charge in [0.05, 0.1) is 13.0 Å².